The fraction of sp³-hybridized carbons (Fsp3) is 0.864. The number of carbonyl (C=O) groups excluding carboxylic acids is 1. The Morgan fingerprint density at radius 3 is 1.42 bits per heavy atom. The van der Waals surface area contributed by atoms with Gasteiger partial charge in [0.15, 0.2) is 0 Å². The summed E-state index contributed by atoms with van der Waals surface area (Å²) in [6.07, 6.45) is 26.8. The largest absolute Gasteiger partial charge is 0.550 e. The van der Waals surface area contributed by atoms with E-state index in [-0.39, 0.29) is 6.42 Å². The minimum absolute atomic E-state index is 0.229. The average molecular weight is 338 g/mol. The van der Waals surface area contributed by atoms with Crippen molar-refractivity contribution in [3.05, 3.63) is 12.2 Å². The van der Waals surface area contributed by atoms with Crippen molar-refractivity contribution in [1.29, 1.82) is 0 Å². The normalized spacial score (nSPS) is 11.4. The Bertz CT molecular complexity index is 284. The molecule has 0 atom stereocenters. The maximum Gasteiger partial charge on any atom is 0.0414 e. The second kappa shape index (κ2) is 20.3. The Hall–Kier alpha value is -0.790. The zero-order chi connectivity index (χ0) is 17.7. The molecular formula is C22H41O2-. The summed E-state index contributed by atoms with van der Waals surface area (Å²) in [4.78, 5) is 10.3. The van der Waals surface area contributed by atoms with Gasteiger partial charge in [-0.3, -0.25) is 0 Å². The number of carboxylic acid groups (broad SMARTS) is 1. The number of rotatable bonds is 19. The highest BCUT2D eigenvalue weighted by Gasteiger charge is 1.93. The summed E-state index contributed by atoms with van der Waals surface area (Å²) in [5.74, 6) is -0.906. The van der Waals surface area contributed by atoms with Crippen LogP contribution in [0.4, 0.5) is 0 Å². The van der Waals surface area contributed by atoms with Gasteiger partial charge >= 0.3 is 0 Å². The molecule has 2 heteroatoms. The summed E-state index contributed by atoms with van der Waals surface area (Å²) in [7, 11) is 0. The molecule has 0 aliphatic carbocycles. The fourth-order valence-corrected chi connectivity index (χ4v) is 3.05. The van der Waals surface area contributed by atoms with Gasteiger partial charge in [-0.2, -0.15) is 0 Å². The SMILES string of the molecule is CCCCCCCCC=CCCCCCCCCCCCC(=O)[O-]. The van der Waals surface area contributed by atoms with Crippen molar-refractivity contribution in [3.8, 4) is 0 Å². The van der Waals surface area contributed by atoms with Crippen LogP contribution in [0.5, 0.6) is 0 Å². The van der Waals surface area contributed by atoms with Crippen LogP contribution >= 0.6 is 0 Å². The number of carbonyl (C=O) groups is 1. The highest BCUT2D eigenvalue weighted by molar-refractivity contribution is 5.63. The van der Waals surface area contributed by atoms with Gasteiger partial charge in [-0.15, -0.1) is 0 Å². The first-order valence-electron chi connectivity index (χ1n) is 10.6. The van der Waals surface area contributed by atoms with Crippen molar-refractivity contribution >= 4 is 5.97 Å². The molecule has 0 bridgehead atoms. The molecule has 142 valence electrons. The van der Waals surface area contributed by atoms with Crippen molar-refractivity contribution in [2.75, 3.05) is 0 Å². The minimum atomic E-state index is -0.906. The van der Waals surface area contributed by atoms with Gasteiger partial charge in [0.05, 0.1) is 0 Å². The molecule has 0 heterocycles. The topological polar surface area (TPSA) is 40.1 Å². The number of hydrogen-bond donors (Lipinski definition) is 0. The summed E-state index contributed by atoms with van der Waals surface area (Å²) < 4.78 is 0. The first-order chi connectivity index (χ1) is 11.8. The van der Waals surface area contributed by atoms with Gasteiger partial charge in [-0.1, -0.05) is 96.1 Å². The lowest BCUT2D eigenvalue weighted by atomic mass is 10.1. The number of allylic oxidation sites excluding steroid dienone is 2. The van der Waals surface area contributed by atoms with Gasteiger partial charge in [0.2, 0.25) is 0 Å². The van der Waals surface area contributed by atoms with E-state index in [1.165, 1.54) is 96.3 Å². The standard InChI is InChI=1S/C22H42O2/c1-2-3-4-5-6-7-8-9-10-11-12-13-14-15-16-17-18-19-20-21-22(23)24/h9-10H,2-8,11-21H2,1H3,(H,23,24)/p-1. The first kappa shape index (κ1) is 23.2. The Labute approximate surface area is 151 Å². The molecule has 2 nitrogen and oxygen atoms in total. The highest BCUT2D eigenvalue weighted by atomic mass is 16.4. The predicted octanol–water partition coefficient (Wildman–Crippen LogP) is 6.33. The lowest BCUT2D eigenvalue weighted by Crippen LogP contribution is -2.21. The summed E-state index contributed by atoms with van der Waals surface area (Å²) in [5, 5.41) is 10.3. The van der Waals surface area contributed by atoms with Crippen molar-refractivity contribution < 1.29 is 9.90 Å². The minimum Gasteiger partial charge on any atom is -0.550 e. The average Bonchev–Trinajstić information content (AvgIpc) is 2.56. The molecule has 0 aliphatic heterocycles. The van der Waals surface area contributed by atoms with Crippen LogP contribution in [0.1, 0.15) is 122 Å². The van der Waals surface area contributed by atoms with Crippen LogP contribution in [0.25, 0.3) is 0 Å². The molecule has 0 amide bonds. The maximum absolute atomic E-state index is 10.3. The van der Waals surface area contributed by atoms with Crippen molar-refractivity contribution in [2.24, 2.45) is 0 Å². The van der Waals surface area contributed by atoms with E-state index < -0.39 is 5.97 Å². The summed E-state index contributed by atoms with van der Waals surface area (Å²) in [6, 6.07) is 0. The van der Waals surface area contributed by atoms with E-state index in [0.29, 0.717) is 0 Å². The number of hydrogen-bond acceptors (Lipinski definition) is 2. The molecule has 0 unspecified atom stereocenters. The first-order valence-corrected chi connectivity index (χ1v) is 10.6. The Morgan fingerprint density at radius 1 is 0.625 bits per heavy atom. The summed E-state index contributed by atoms with van der Waals surface area (Å²) >= 11 is 0. The molecule has 0 aromatic carbocycles. The molecule has 0 aromatic heterocycles. The second-order valence-corrected chi connectivity index (χ2v) is 7.12. The molecule has 0 saturated heterocycles. The van der Waals surface area contributed by atoms with Gasteiger partial charge in [0, 0.05) is 5.97 Å². The smallest absolute Gasteiger partial charge is 0.0414 e. The third-order valence-corrected chi connectivity index (χ3v) is 4.64. The second-order valence-electron chi connectivity index (χ2n) is 7.12. The van der Waals surface area contributed by atoms with E-state index in [0.717, 1.165) is 12.8 Å². The van der Waals surface area contributed by atoms with Gasteiger partial charge < -0.3 is 9.90 Å². The van der Waals surface area contributed by atoms with Crippen LogP contribution in [0.3, 0.4) is 0 Å². The van der Waals surface area contributed by atoms with Crippen molar-refractivity contribution in [1.82, 2.24) is 0 Å². The van der Waals surface area contributed by atoms with Gasteiger partial charge in [-0.25, -0.2) is 0 Å². The van der Waals surface area contributed by atoms with E-state index in [9.17, 15) is 9.90 Å². The summed E-state index contributed by atoms with van der Waals surface area (Å²) in [5.41, 5.74) is 0. The summed E-state index contributed by atoms with van der Waals surface area (Å²) in [6.45, 7) is 2.27. The number of carboxylic acids is 1. The number of aliphatic carboxylic acids is 1. The fourth-order valence-electron chi connectivity index (χ4n) is 3.05. The van der Waals surface area contributed by atoms with Gasteiger partial charge in [0.25, 0.3) is 0 Å². The van der Waals surface area contributed by atoms with Gasteiger partial charge in [0.1, 0.15) is 0 Å². The molecule has 24 heavy (non-hydrogen) atoms. The van der Waals surface area contributed by atoms with Crippen LogP contribution in [0, 0.1) is 0 Å². The van der Waals surface area contributed by atoms with E-state index >= 15 is 0 Å². The van der Waals surface area contributed by atoms with Crippen LogP contribution in [0.15, 0.2) is 12.2 Å². The molecule has 0 rings (SSSR count). The Kier molecular flexibility index (Phi) is 19.6. The monoisotopic (exact) mass is 337 g/mol. The van der Waals surface area contributed by atoms with E-state index in [1.54, 1.807) is 0 Å². The highest BCUT2D eigenvalue weighted by Crippen LogP contribution is 2.12. The zero-order valence-corrected chi connectivity index (χ0v) is 16.2. The van der Waals surface area contributed by atoms with E-state index in [1.807, 2.05) is 0 Å². The van der Waals surface area contributed by atoms with Crippen LogP contribution in [-0.4, -0.2) is 5.97 Å². The van der Waals surface area contributed by atoms with E-state index in [4.69, 9.17) is 0 Å². The van der Waals surface area contributed by atoms with Crippen LogP contribution < -0.4 is 5.11 Å². The predicted molar refractivity (Wildman–Crippen MR) is 103 cm³/mol. The molecule has 0 fully saturated rings. The quantitative estimate of drug-likeness (QED) is 0.204. The maximum atomic E-state index is 10.3. The zero-order valence-electron chi connectivity index (χ0n) is 16.2. The molecule has 0 N–H and O–H groups in total. The third-order valence-electron chi connectivity index (χ3n) is 4.64. The van der Waals surface area contributed by atoms with Crippen molar-refractivity contribution in [2.45, 2.75) is 122 Å². The molecule has 0 aromatic rings. The third kappa shape index (κ3) is 21.2. The lowest BCUT2D eigenvalue weighted by molar-refractivity contribution is -0.305. The molecular weight excluding hydrogens is 296 g/mol. The lowest BCUT2D eigenvalue weighted by Gasteiger charge is -2.03. The van der Waals surface area contributed by atoms with E-state index in [2.05, 4.69) is 19.1 Å². The molecule has 0 spiro atoms. The van der Waals surface area contributed by atoms with Gasteiger partial charge in [-0.05, 0) is 38.5 Å². The molecule has 0 radical (unpaired) electrons. The van der Waals surface area contributed by atoms with Crippen LogP contribution in [0.2, 0.25) is 0 Å². The molecule has 0 saturated carbocycles. The van der Waals surface area contributed by atoms with Crippen LogP contribution in [-0.2, 0) is 4.79 Å². The van der Waals surface area contributed by atoms with Crippen molar-refractivity contribution in [3.63, 3.8) is 0 Å². The Balaban J connectivity index is 3.06. The molecule has 0 aliphatic rings. The number of unbranched alkanes of at least 4 members (excludes halogenated alkanes) is 15. The Morgan fingerprint density at radius 2 is 1.00 bits per heavy atom.